The van der Waals surface area contributed by atoms with Crippen LogP contribution in [0.2, 0.25) is 0 Å². The average molecular weight is 285 g/mol. The van der Waals surface area contributed by atoms with Gasteiger partial charge >= 0.3 is 0 Å². The van der Waals surface area contributed by atoms with Gasteiger partial charge < -0.3 is 0 Å². The molecule has 2 rings (SSSR count). The van der Waals surface area contributed by atoms with E-state index < -0.39 is 14.8 Å². The minimum Gasteiger partial charge on any atom is -0.274 e. The molecule has 0 aliphatic heterocycles. The smallest absolute Gasteiger partial charge is 0.240 e. The fourth-order valence-electron chi connectivity index (χ4n) is 2.70. The summed E-state index contributed by atoms with van der Waals surface area (Å²) in [4.78, 5) is 11.9. The summed E-state index contributed by atoms with van der Waals surface area (Å²) < 4.78 is 26.2. The van der Waals surface area contributed by atoms with E-state index in [9.17, 15) is 13.2 Å². The van der Waals surface area contributed by atoms with Crippen molar-refractivity contribution in [3.63, 3.8) is 0 Å². The molecular formula is C14H23NO3S. The third-order valence-electron chi connectivity index (χ3n) is 4.44. The average Bonchev–Trinajstić information content (AvgIpc) is 3.23. The minimum absolute atomic E-state index is 0.0799. The van der Waals surface area contributed by atoms with E-state index in [1.54, 1.807) is 6.08 Å². The van der Waals surface area contributed by atoms with Gasteiger partial charge in [0, 0.05) is 5.92 Å². The molecule has 0 saturated heterocycles. The van der Waals surface area contributed by atoms with Crippen molar-refractivity contribution in [2.75, 3.05) is 0 Å². The second kappa shape index (κ2) is 5.27. The number of unbranched alkanes of at least 4 members (excludes halogenated alkanes) is 1. The number of amides is 1. The Morgan fingerprint density at radius 1 is 1.47 bits per heavy atom. The largest absolute Gasteiger partial charge is 0.274 e. The van der Waals surface area contributed by atoms with Gasteiger partial charge in [-0.1, -0.05) is 19.4 Å². The van der Waals surface area contributed by atoms with Crippen LogP contribution in [-0.2, 0) is 14.8 Å². The summed E-state index contributed by atoms with van der Waals surface area (Å²) in [6.45, 7) is 5.67. The highest BCUT2D eigenvalue weighted by molar-refractivity contribution is 7.91. The highest BCUT2D eigenvalue weighted by Crippen LogP contribution is 2.48. The Morgan fingerprint density at radius 2 is 2.16 bits per heavy atom. The molecular weight excluding hydrogens is 262 g/mol. The summed E-state index contributed by atoms with van der Waals surface area (Å²) in [6, 6.07) is 0. The van der Waals surface area contributed by atoms with Crippen LogP contribution in [0, 0.1) is 11.8 Å². The second-order valence-electron chi connectivity index (χ2n) is 5.84. The fourth-order valence-corrected chi connectivity index (χ4v) is 4.38. The van der Waals surface area contributed by atoms with Gasteiger partial charge in [0.15, 0.2) is 0 Å². The minimum atomic E-state index is -3.50. The van der Waals surface area contributed by atoms with Crippen LogP contribution in [-0.4, -0.2) is 19.1 Å². The van der Waals surface area contributed by atoms with Crippen LogP contribution in [0.15, 0.2) is 12.7 Å². The first-order valence-corrected chi connectivity index (χ1v) is 8.61. The predicted octanol–water partition coefficient (Wildman–Crippen LogP) is 2.37. The maximum absolute atomic E-state index is 12.3. The molecule has 0 aromatic carbocycles. The maximum atomic E-state index is 12.3. The molecule has 1 N–H and O–H groups in total. The van der Waals surface area contributed by atoms with Crippen LogP contribution < -0.4 is 4.72 Å². The third-order valence-corrected chi connectivity index (χ3v) is 6.66. The van der Waals surface area contributed by atoms with Gasteiger partial charge in [0.25, 0.3) is 0 Å². The third kappa shape index (κ3) is 3.02. The number of allylic oxidation sites excluding steroid dienone is 1. The van der Waals surface area contributed by atoms with Crippen LogP contribution in [0.4, 0.5) is 0 Å². The summed E-state index contributed by atoms with van der Waals surface area (Å²) >= 11 is 0. The number of hydrogen-bond donors (Lipinski definition) is 1. The van der Waals surface area contributed by atoms with Crippen LogP contribution in [0.5, 0.6) is 0 Å². The fraction of sp³-hybridized carbons (Fsp3) is 0.786. The highest BCUT2D eigenvalue weighted by Gasteiger charge is 2.55. The first-order chi connectivity index (χ1) is 8.96. The first-order valence-electron chi connectivity index (χ1n) is 7.13. The van der Waals surface area contributed by atoms with Crippen LogP contribution in [0.25, 0.3) is 0 Å². The van der Waals surface area contributed by atoms with Crippen LogP contribution in [0.3, 0.4) is 0 Å². The summed E-state index contributed by atoms with van der Waals surface area (Å²) in [7, 11) is -3.50. The molecule has 2 atom stereocenters. The van der Waals surface area contributed by atoms with Gasteiger partial charge in [-0.2, -0.15) is 0 Å². The Kier molecular flexibility index (Phi) is 4.04. The van der Waals surface area contributed by atoms with E-state index in [2.05, 4.69) is 11.3 Å². The molecule has 2 unspecified atom stereocenters. The zero-order chi connectivity index (χ0) is 14.1. The van der Waals surface area contributed by atoms with Gasteiger partial charge in [-0.05, 0) is 44.4 Å². The molecule has 0 bridgehead atoms. The van der Waals surface area contributed by atoms with Gasteiger partial charge in [0.05, 0.1) is 4.75 Å². The van der Waals surface area contributed by atoms with Gasteiger partial charge in [-0.15, -0.1) is 6.58 Å². The molecule has 1 amide bonds. The summed E-state index contributed by atoms with van der Waals surface area (Å²) in [5, 5.41) is 0. The normalized spacial score (nSPS) is 27.6. The van der Waals surface area contributed by atoms with Crippen molar-refractivity contribution in [3.05, 3.63) is 12.7 Å². The lowest BCUT2D eigenvalue weighted by molar-refractivity contribution is -0.120. The van der Waals surface area contributed by atoms with Crippen molar-refractivity contribution in [1.29, 1.82) is 0 Å². The topological polar surface area (TPSA) is 63.2 Å². The maximum Gasteiger partial charge on any atom is 0.240 e. The Morgan fingerprint density at radius 3 is 2.63 bits per heavy atom. The zero-order valence-electron chi connectivity index (χ0n) is 11.5. The SMILES string of the molecule is C=CCCCC1(S(=O)(=O)NC(=O)C2CC2CC)CC1. The van der Waals surface area contributed by atoms with Gasteiger partial charge in [-0.25, -0.2) is 8.42 Å². The number of carbonyl (C=O) groups is 1. The lowest BCUT2D eigenvalue weighted by atomic mass is 10.2. The molecule has 4 nitrogen and oxygen atoms in total. The molecule has 0 aromatic rings. The molecule has 0 spiro atoms. The summed E-state index contributed by atoms with van der Waals surface area (Å²) in [6.07, 6.45) is 7.21. The molecule has 108 valence electrons. The van der Waals surface area contributed by atoms with Crippen molar-refractivity contribution in [3.8, 4) is 0 Å². The van der Waals surface area contributed by atoms with E-state index in [0.29, 0.717) is 25.2 Å². The van der Waals surface area contributed by atoms with E-state index in [0.717, 1.165) is 25.7 Å². The number of nitrogens with one attached hydrogen (secondary N) is 1. The summed E-state index contributed by atoms with van der Waals surface area (Å²) in [5.41, 5.74) is 0. The summed E-state index contributed by atoms with van der Waals surface area (Å²) in [5.74, 6) is 0.0108. The molecule has 0 aromatic heterocycles. The Balaban J connectivity index is 1.91. The first kappa shape index (κ1) is 14.6. The standard InChI is InChI=1S/C14H23NO3S/c1-3-5-6-7-14(8-9-14)19(17,18)15-13(16)12-10-11(12)4-2/h3,11-12H,1,4-10H2,2H3,(H,15,16). The molecule has 19 heavy (non-hydrogen) atoms. The quantitative estimate of drug-likeness (QED) is 0.550. The van der Waals surface area contributed by atoms with Crippen molar-refractivity contribution >= 4 is 15.9 Å². The zero-order valence-corrected chi connectivity index (χ0v) is 12.3. The van der Waals surface area contributed by atoms with Crippen molar-refractivity contribution in [2.45, 2.75) is 56.6 Å². The Labute approximate surface area is 115 Å². The number of rotatable bonds is 8. The molecule has 2 saturated carbocycles. The second-order valence-corrected chi connectivity index (χ2v) is 7.92. The number of carbonyl (C=O) groups excluding carboxylic acids is 1. The Hall–Kier alpha value is -0.840. The number of hydrogen-bond acceptors (Lipinski definition) is 3. The van der Waals surface area contributed by atoms with Gasteiger partial charge in [0.1, 0.15) is 0 Å². The molecule has 2 fully saturated rings. The van der Waals surface area contributed by atoms with Gasteiger partial charge in [0.2, 0.25) is 15.9 Å². The van der Waals surface area contributed by atoms with E-state index in [1.807, 2.05) is 6.92 Å². The molecule has 5 heteroatoms. The highest BCUT2D eigenvalue weighted by atomic mass is 32.2. The van der Waals surface area contributed by atoms with Crippen LogP contribution >= 0.6 is 0 Å². The monoisotopic (exact) mass is 285 g/mol. The van der Waals surface area contributed by atoms with E-state index in [1.165, 1.54) is 0 Å². The van der Waals surface area contributed by atoms with Crippen molar-refractivity contribution in [2.24, 2.45) is 11.8 Å². The molecule has 2 aliphatic rings. The molecule has 0 radical (unpaired) electrons. The molecule has 0 heterocycles. The molecule has 2 aliphatic carbocycles. The van der Waals surface area contributed by atoms with E-state index in [4.69, 9.17) is 0 Å². The van der Waals surface area contributed by atoms with E-state index >= 15 is 0 Å². The van der Waals surface area contributed by atoms with E-state index in [-0.39, 0.29) is 11.8 Å². The van der Waals surface area contributed by atoms with Crippen molar-refractivity contribution < 1.29 is 13.2 Å². The lowest BCUT2D eigenvalue weighted by Crippen LogP contribution is -2.40. The Bertz CT molecular complexity index is 465. The van der Waals surface area contributed by atoms with Crippen LogP contribution in [0.1, 0.15) is 51.9 Å². The predicted molar refractivity (Wildman–Crippen MR) is 75.0 cm³/mol. The van der Waals surface area contributed by atoms with Crippen molar-refractivity contribution in [1.82, 2.24) is 4.72 Å². The lowest BCUT2D eigenvalue weighted by Gasteiger charge is -2.16. The number of sulfonamides is 1. The van der Waals surface area contributed by atoms with Gasteiger partial charge in [-0.3, -0.25) is 9.52 Å².